The normalized spacial score (nSPS) is 24.8. The van der Waals surface area contributed by atoms with Crippen LogP contribution in [0.2, 0.25) is 0 Å². The first-order chi connectivity index (χ1) is 7.66. The lowest BCUT2D eigenvalue weighted by molar-refractivity contribution is -0.141. The summed E-state index contributed by atoms with van der Waals surface area (Å²) in [5, 5.41) is 8.80. The second-order valence-corrected chi connectivity index (χ2v) is 4.62. The number of rotatable bonds is 5. The van der Waals surface area contributed by atoms with E-state index >= 15 is 0 Å². The second kappa shape index (κ2) is 4.82. The number of carboxylic acid groups (broad SMARTS) is 1. The maximum Gasteiger partial charge on any atom is 0.308 e. The maximum atomic E-state index is 11.6. The molecule has 1 atom stereocenters. The number of aliphatic carboxylic acids is 1. The van der Waals surface area contributed by atoms with Gasteiger partial charge in [-0.05, 0) is 25.2 Å². The summed E-state index contributed by atoms with van der Waals surface area (Å²) in [5.74, 6) is -0.635. The summed E-state index contributed by atoms with van der Waals surface area (Å²) in [4.78, 5) is 23.9. The molecular weight excluding hydrogens is 210 g/mol. The van der Waals surface area contributed by atoms with Crippen LogP contribution in [0, 0.1) is 11.8 Å². The van der Waals surface area contributed by atoms with Crippen LogP contribution >= 0.6 is 0 Å². The lowest BCUT2D eigenvalue weighted by Crippen LogP contribution is -2.33. The number of nitrogens with zero attached hydrogens (tertiary/aromatic N) is 1. The van der Waals surface area contributed by atoms with E-state index in [1.807, 2.05) is 0 Å². The molecule has 1 saturated carbocycles. The maximum absolute atomic E-state index is 11.6. The van der Waals surface area contributed by atoms with Crippen LogP contribution in [0.4, 0.5) is 0 Å². The number of carboxylic acids is 1. The van der Waals surface area contributed by atoms with Crippen LogP contribution in [0.15, 0.2) is 0 Å². The van der Waals surface area contributed by atoms with Gasteiger partial charge in [0.25, 0.3) is 0 Å². The molecule has 0 spiro atoms. The fraction of sp³-hybridized carbons (Fsp3) is 0.818. The molecule has 1 N–H and O–H groups in total. The van der Waals surface area contributed by atoms with E-state index in [1.165, 1.54) is 12.8 Å². The van der Waals surface area contributed by atoms with Crippen LogP contribution in [-0.2, 0) is 14.3 Å². The summed E-state index contributed by atoms with van der Waals surface area (Å²) in [5.41, 5.74) is 0. The molecule has 5 nitrogen and oxygen atoms in total. The minimum Gasteiger partial charge on any atom is -0.481 e. The minimum absolute atomic E-state index is 0.0793. The van der Waals surface area contributed by atoms with Gasteiger partial charge < -0.3 is 14.7 Å². The van der Waals surface area contributed by atoms with Crippen molar-refractivity contribution in [3.63, 3.8) is 0 Å². The molecule has 2 rings (SSSR count). The molecule has 1 aliphatic carbocycles. The van der Waals surface area contributed by atoms with Gasteiger partial charge in [-0.15, -0.1) is 0 Å². The number of hydrogen-bond donors (Lipinski definition) is 1. The van der Waals surface area contributed by atoms with Gasteiger partial charge in [0.15, 0.2) is 0 Å². The number of hydrogen-bond acceptors (Lipinski definition) is 3. The molecule has 1 heterocycles. The average molecular weight is 227 g/mol. The number of likely N-dealkylation sites (tertiary alicyclic amines) is 1. The SMILES string of the molecule is O=C(O)C1CCN(C(=O)COCC2CC2)C1. The fourth-order valence-electron chi connectivity index (χ4n) is 1.88. The molecule has 0 aromatic rings. The smallest absolute Gasteiger partial charge is 0.308 e. The van der Waals surface area contributed by atoms with Crippen LogP contribution < -0.4 is 0 Å². The molecule has 16 heavy (non-hydrogen) atoms. The van der Waals surface area contributed by atoms with Crippen LogP contribution in [-0.4, -0.2) is 48.2 Å². The first kappa shape index (κ1) is 11.4. The predicted molar refractivity (Wildman–Crippen MR) is 55.9 cm³/mol. The molecule has 1 amide bonds. The molecule has 0 aromatic heterocycles. The number of ether oxygens (including phenoxy) is 1. The molecule has 90 valence electrons. The lowest BCUT2D eigenvalue weighted by atomic mass is 10.1. The van der Waals surface area contributed by atoms with Gasteiger partial charge in [-0.1, -0.05) is 0 Å². The van der Waals surface area contributed by atoms with E-state index in [2.05, 4.69) is 0 Å². The van der Waals surface area contributed by atoms with Gasteiger partial charge in [-0.2, -0.15) is 0 Å². The van der Waals surface area contributed by atoms with E-state index in [0.717, 1.165) is 0 Å². The van der Waals surface area contributed by atoms with Gasteiger partial charge in [0.2, 0.25) is 5.91 Å². The third-order valence-corrected chi connectivity index (χ3v) is 3.17. The highest BCUT2D eigenvalue weighted by Gasteiger charge is 2.31. The van der Waals surface area contributed by atoms with Crippen LogP contribution in [0.5, 0.6) is 0 Å². The van der Waals surface area contributed by atoms with Gasteiger partial charge in [0.05, 0.1) is 12.5 Å². The summed E-state index contributed by atoms with van der Waals surface area (Å²) >= 11 is 0. The minimum atomic E-state index is -0.811. The Kier molecular flexibility index (Phi) is 3.43. The van der Waals surface area contributed by atoms with E-state index in [9.17, 15) is 9.59 Å². The van der Waals surface area contributed by atoms with Gasteiger partial charge in [0.1, 0.15) is 6.61 Å². The Labute approximate surface area is 94.4 Å². The highest BCUT2D eigenvalue weighted by Crippen LogP contribution is 2.28. The number of carbonyl (C=O) groups excluding carboxylic acids is 1. The number of amides is 1. The van der Waals surface area contributed by atoms with Crippen molar-refractivity contribution in [1.82, 2.24) is 4.90 Å². The summed E-state index contributed by atoms with van der Waals surface area (Å²) < 4.78 is 5.29. The summed E-state index contributed by atoms with van der Waals surface area (Å²) in [6.07, 6.45) is 2.97. The molecule has 0 aromatic carbocycles. The molecule has 2 aliphatic rings. The highest BCUT2D eigenvalue weighted by molar-refractivity contribution is 5.79. The van der Waals surface area contributed by atoms with Crippen molar-refractivity contribution in [3.05, 3.63) is 0 Å². The molecule has 1 saturated heterocycles. The first-order valence-corrected chi connectivity index (χ1v) is 5.75. The Morgan fingerprint density at radius 3 is 2.62 bits per heavy atom. The van der Waals surface area contributed by atoms with E-state index in [4.69, 9.17) is 9.84 Å². The zero-order chi connectivity index (χ0) is 11.5. The molecule has 5 heteroatoms. The van der Waals surface area contributed by atoms with Gasteiger partial charge in [0, 0.05) is 13.1 Å². The molecule has 1 aliphatic heterocycles. The molecule has 0 radical (unpaired) electrons. The molecule has 1 unspecified atom stereocenters. The second-order valence-electron chi connectivity index (χ2n) is 4.62. The largest absolute Gasteiger partial charge is 0.481 e. The number of carbonyl (C=O) groups is 2. The Morgan fingerprint density at radius 2 is 2.06 bits per heavy atom. The topological polar surface area (TPSA) is 66.8 Å². The quantitative estimate of drug-likeness (QED) is 0.735. The Morgan fingerprint density at radius 1 is 1.31 bits per heavy atom. The average Bonchev–Trinajstić information content (AvgIpc) is 2.93. The Balaban J connectivity index is 1.66. The van der Waals surface area contributed by atoms with E-state index < -0.39 is 11.9 Å². The van der Waals surface area contributed by atoms with Crippen molar-refractivity contribution in [2.75, 3.05) is 26.3 Å². The third kappa shape index (κ3) is 2.95. The van der Waals surface area contributed by atoms with Gasteiger partial charge in [-0.3, -0.25) is 9.59 Å². The van der Waals surface area contributed by atoms with Crippen molar-refractivity contribution < 1.29 is 19.4 Å². The standard InChI is InChI=1S/C11H17NO4/c13-10(7-16-6-8-1-2-8)12-4-3-9(5-12)11(14)15/h8-9H,1-7H2,(H,14,15). The zero-order valence-corrected chi connectivity index (χ0v) is 9.22. The lowest BCUT2D eigenvalue weighted by Gasteiger charge is -2.15. The van der Waals surface area contributed by atoms with Crippen LogP contribution in [0.1, 0.15) is 19.3 Å². The predicted octanol–water partition coefficient (Wildman–Crippen LogP) is 0.346. The van der Waals surface area contributed by atoms with Crippen LogP contribution in [0.25, 0.3) is 0 Å². The molecule has 2 fully saturated rings. The van der Waals surface area contributed by atoms with Crippen molar-refractivity contribution >= 4 is 11.9 Å². The van der Waals surface area contributed by atoms with Crippen LogP contribution in [0.3, 0.4) is 0 Å². The Bertz CT molecular complexity index is 288. The zero-order valence-electron chi connectivity index (χ0n) is 9.22. The van der Waals surface area contributed by atoms with Gasteiger partial charge in [-0.25, -0.2) is 0 Å². The van der Waals surface area contributed by atoms with Crippen molar-refractivity contribution in [2.24, 2.45) is 11.8 Å². The van der Waals surface area contributed by atoms with Crippen molar-refractivity contribution in [1.29, 1.82) is 0 Å². The molecular formula is C11H17NO4. The van der Waals surface area contributed by atoms with Crippen molar-refractivity contribution in [3.8, 4) is 0 Å². The third-order valence-electron chi connectivity index (χ3n) is 3.17. The van der Waals surface area contributed by atoms with E-state index in [-0.39, 0.29) is 12.5 Å². The van der Waals surface area contributed by atoms with Gasteiger partial charge >= 0.3 is 5.97 Å². The summed E-state index contributed by atoms with van der Waals surface area (Å²) in [6, 6.07) is 0. The fourth-order valence-corrected chi connectivity index (χ4v) is 1.88. The monoisotopic (exact) mass is 227 g/mol. The first-order valence-electron chi connectivity index (χ1n) is 5.75. The van der Waals surface area contributed by atoms with E-state index in [1.54, 1.807) is 4.90 Å². The van der Waals surface area contributed by atoms with E-state index in [0.29, 0.717) is 32.0 Å². The van der Waals surface area contributed by atoms with Crippen molar-refractivity contribution in [2.45, 2.75) is 19.3 Å². The highest BCUT2D eigenvalue weighted by atomic mass is 16.5. The summed E-state index contributed by atoms with van der Waals surface area (Å²) in [7, 11) is 0. The Hall–Kier alpha value is -1.10. The molecule has 0 bridgehead atoms. The summed E-state index contributed by atoms with van der Waals surface area (Å²) in [6.45, 7) is 1.65.